The lowest BCUT2D eigenvalue weighted by Crippen LogP contribution is -1.96. The van der Waals surface area contributed by atoms with Crippen LogP contribution in [0.4, 0.5) is 5.69 Å². The molecule has 2 rings (SSSR count). The van der Waals surface area contributed by atoms with Crippen LogP contribution in [0, 0.1) is 10.1 Å². The van der Waals surface area contributed by atoms with Crippen LogP contribution in [0.15, 0.2) is 48.5 Å². The number of benzene rings is 2. The Bertz CT molecular complexity index is 554. The predicted molar refractivity (Wildman–Crippen MR) is 65.5 cm³/mol. The molecule has 5 heteroatoms. The maximum atomic E-state index is 10.8. The molecule has 0 aliphatic heterocycles. The fraction of sp³-hybridized carbons (Fsp3) is 0.0769. The van der Waals surface area contributed by atoms with Gasteiger partial charge in [-0.1, -0.05) is 18.2 Å². The maximum absolute atomic E-state index is 10.8. The zero-order valence-electron chi connectivity index (χ0n) is 9.45. The number of nitrogens with zero attached hydrogens (tertiary/aromatic N) is 1. The molecule has 0 amide bonds. The number of nitro benzene ring substituents is 1. The molecule has 0 saturated carbocycles. The SMILES string of the molecule is O=[N+]([O-])c1cc(Oc2ccccc2)ccc1CO. The number of ether oxygens (including phenoxy) is 1. The van der Waals surface area contributed by atoms with Gasteiger partial charge in [-0.3, -0.25) is 10.1 Å². The first-order chi connectivity index (χ1) is 8.70. The van der Waals surface area contributed by atoms with Crippen molar-refractivity contribution in [1.29, 1.82) is 0 Å². The van der Waals surface area contributed by atoms with E-state index < -0.39 is 4.92 Å². The van der Waals surface area contributed by atoms with Gasteiger partial charge in [0.05, 0.1) is 23.2 Å². The van der Waals surface area contributed by atoms with Gasteiger partial charge in [-0.25, -0.2) is 0 Å². The largest absolute Gasteiger partial charge is 0.457 e. The summed E-state index contributed by atoms with van der Waals surface area (Å²) >= 11 is 0. The summed E-state index contributed by atoms with van der Waals surface area (Å²) < 4.78 is 5.48. The van der Waals surface area contributed by atoms with Crippen LogP contribution >= 0.6 is 0 Å². The zero-order chi connectivity index (χ0) is 13.0. The van der Waals surface area contributed by atoms with Crippen molar-refractivity contribution in [1.82, 2.24) is 0 Å². The fourth-order valence-corrected chi connectivity index (χ4v) is 1.54. The van der Waals surface area contributed by atoms with E-state index in [2.05, 4.69) is 0 Å². The number of hydrogen-bond donors (Lipinski definition) is 1. The normalized spacial score (nSPS) is 10.1. The smallest absolute Gasteiger partial charge is 0.278 e. The van der Waals surface area contributed by atoms with E-state index in [0.717, 1.165) is 0 Å². The second-order valence-corrected chi connectivity index (χ2v) is 3.62. The van der Waals surface area contributed by atoms with Crippen molar-refractivity contribution in [3.63, 3.8) is 0 Å². The molecule has 0 unspecified atom stereocenters. The molecule has 0 aromatic heterocycles. The molecule has 0 spiro atoms. The van der Waals surface area contributed by atoms with E-state index in [9.17, 15) is 10.1 Å². The van der Waals surface area contributed by atoms with E-state index >= 15 is 0 Å². The minimum Gasteiger partial charge on any atom is -0.457 e. The summed E-state index contributed by atoms with van der Waals surface area (Å²) in [6, 6.07) is 13.4. The Morgan fingerprint density at radius 3 is 2.44 bits per heavy atom. The Labute approximate surface area is 103 Å². The lowest BCUT2D eigenvalue weighted by Gasteiger charge is -2.06. The summed E-state index contributed by atoms with van der Waals surface area (Å²) in [6.07, 6.45) is 0. The van der Waals surface area contributed by atoms with Crippen molar-refractivity contribution in [2.24, 2.45) is 0 Å². The first-order valence-corrected chi connectivity index (χ1v) is 5.32. The molecule has 0 fully saturated rings. The quantitative estimate of drug-likeness (QED) is 0.664. The predicted octanol–water partition coefficient (Wildman–Crippen LogP) is 2.88. The summed E-state index contributed by atoms with van der Waals surface area (Å²) in [5, 5.41) is 19.8. The Kier molecular flexibility index (Phi) is 3.54. The molecule has 2 aromatic carbocycles. The third-order valence-corrected chi connectivity index (χ3v) is 2.40. The van der Waals surface area contributed by atoms with Crippen molar-refractivity contribution in [3.05, 3.63) is 64.2 Å². The van der Waals surface area contributed by atoms with Crippen LogP contribution in [0.3, 0.4) is 0 Å². The monoisotopic (exact) mass is 245 g/mol. The molecule has 0 atom stereocenters. The molecule has 18 heavy (non-hydrogen) atoms. The molecule has 0 aliphatic carbocycles. The van der Waals surface area contributed by atoms with Crippen LogP contribution < -0.4 is 4.74 Å². The van der Waals surface area contributed by atoms with Crippen LogP contribution in [-0.2, 0) is 6.61 Å². The number of nitro groups is 1. The van der Waals surface area contributed by atoms with Crippen molar-refractivity contribution in [2.75, 3.05) is 0 Å². The van der Waals surface area contributed by atoms with Gasteiger partial charge < -0.3 is 9.84 Å². The third kappa shape index (κ3) is 2.64. The van der Waals surface area contributed by atoms with E-state index in [4.69, 9.17) is 9.84 Å². The van der Waals surface area contributed by atoms with Crippen molar-refractivity contribution in [3.8, 4) is 11.5 Å². The highest BCUT2D eigenvalue weighted by atomic mass is 16.6. The Morgan fingerprint density at radius 2 is 1.83 bits per heavy atom. The molecular formula is C13H11NO4. The van der Waals surface area contributed by atoms with Crippen LogP contribution in [0.2, 0.25) is 0 Å². The molecule has 1 N–H and O–H groups in total. The second-order valence-electron chi connectivity index (χ2n) is 3.62. The van der Waals surface area contributed by atoms with Gasteiger partial charge in [0.1, 0.15) is 11.5 Å². The van der Waals surface area contributed by atoms with Gasteiger partial charge >= 0.3 is 0 Å². The molecular weight excluding hydrogens is 234 g/mol. The number of aliphatic hydroxyl groups is 1. The van der Waals surface area contributed by atoms with Gasteiger partial charge in [0.15, 0.2) is 0 Å². The molecule has 0 bridgehead atoms. The number of hydrogen-bond acceptors (Lipinski definition) is 4. The second kappa shape index (κ2) is 5.29. The molecule has 5 nitrogen and oxygen atoms in total. The van der Waals surface area contributed by atoms with Crippen LogP contribution in [0.1, 0.15) is 5.56 Å². The average Bonchev–Trinajstić information content (AvgIpc) is 2.40. The minimum absolute atomic E-state index is 0.147. The Hall–Kier alpha value is -2.40. The highest BCUT2D eigenvalue weighted by molar-refractivity contribution is 5.46. The lowest BCUT2D eigenvalue weighted by atomic mass is 10.2. The Balaban J connectivity index is 2.30. The lowest BCUT2D eigenvalue weighted by molar-refractivity contribution is -0.385. The van der Waals surface area contributed by atoms with E-state index in [1.165, 1.54) is 12.1 Å². The standard InChI is InChI=1S/C13H11NO4/c15-9-10-6-7-12(8-13(10)14(16)17)18-11-4-2-1-3-5-11/h1-8,15H,9H2. The summed E-state index contributed by atoms with van der Waals surface area (Å²) in [5.74, 6) is 0.966. The number of aliphatic hydroxyl groups excluding tert-OH is 1. The first kappa shape index (κ1) is 12.1. The van der Waals surface area contributed by atoms with Crippen LogP contribution in [0.25, 0.3) is 0 Å². The van der Waals surface area contributed by atoms with E-state index in [1.807, 2.05) is 18.2 Å². The van der Waals surface area contributed by atoms with E-state index in [1.54, 1.807) is 18.2 Å². The van der Waals surface area contributed by atoms with E-state index in [0.29, 0.717) is 11.5 Å². The minimum atomic E-state index is -0.538. The topological polar surface area (TPSA) is 72.6 Å². The van der Waals surface area contributed by atoms with Crippen molar-refractivity contribution >= 4 is 5.69 Å². The number of para-hydroxylation sites is 1. The third-order valence-electron chi connectivity index (χ3n) is 2.40. The highest BCUT2D eigenvalue weighted by Gasteiger charge is 2.14. The summed E-state index contributed by atoms with van der Waals surface area (Å²) in [7, 11) is 0. The summed E-state index contributed by atoms with van der Waals surface area (Å²) in [4.78, 5) is 10.3. The Morgan fingerprint density at radius 1 is 1.11 bits per heavy atom. The fourth-order valence-electron chi connectivity index (χ4n) is 1.54. The molecule has 0 saturated heterocycles. The molecule has 92 valence electrons. The molecule has 0 heterocycles. The van der Waals surface area contributed by atoms with Crippen LogP contribution in [0.5, 0.6) is 11.5 Å². The van der Waals surface area contributed by atoms with Gasteiger partial charge in [-0.2, -0.15) is 0 Å². The summed E-state index contributed by atoms with van der Waals surface area (Å²) in [6.45, 7) is -0.373. The van der Waals surface area contributed by atoms with Crippen LogP contribution in [-0.4, -0.2) is 10.0 Å². The van der Waals surface area contributed by atoms with Gasteiger partial charge in [0.2, 0.25) is 0 Å². The highest BCUT2D eigenvalue weighted by Crippen LogP contribution is 2.28. The molecule has 0 radical (unpaired) electrons. The number of rotatable bonds is 4. The van der Waals surface area contributed by atoms with Crippen molar-refractivity contribution < 1.29 is 14.8 Å². The summed E-state index contributed by atoms with van der Waals surface area (Å²) in [5.41, 5.74) is 0.117. The van der Waals surface area contributed by atoms with Gasteiger partial charge in [-0.15, -0.1) is 0 Å². The van der Waals surface area contributed by atoms with E-state index in [-0.39, 0.29) is 17.9 Å². The van der Waals surface area contributed by atoms with Gasteiger partial charge in [0.25, 0.3) is 5.69 Å². The van der Waals surface area contributed by atoms with Gasteiger partial charge in [-0.05, 0) is 24.3 Å². The molecule has 2 aromatic rings. The molecule has 0 aliphatic rings. The van der Waals surface area contributed by atoms with Gasteiger partial charge in [0, 0.05) is 0 Å². The maximum Gasteiger partial charge on any atom is 0.278 e. The first-order valence-electron chi connectivity index (χ1n) is 5.32. The van der Waals surface area contributed by atoms with Crippen molar-refractivity contribution in [2.45, 2.75) is 6.61 Å². The average molecular weight is 245 g/mol. The zero-order valence-corrected chi connectivity index (χ0v) is 9.45.